The van der Waals surface area contributed by atoms with Crippen molar-refractivity contribution >= 4 is 17.9 Å². The van der Waals surface area contributed by atoms with Crippen LogP contribution in [0, 0.1) is 17.0 Å². The van der Waals surface area contributed by atoms with Gasteiger partial charge in [0.15, 0.2) is 5.82 Å². The quantitative estimate of drug-likeness (QED) is 0.340. The minimum Gasteiger partial charge on any atom is -0.480 e. The maximum absolute atomic E-state index is 12.8. The van der Waals surface area contributed by atoms with Crippen molar-refractivity contribution in [1.82, 2.24) is 19.8 Å². The maximum atomic E-state index is 12.8. The van der Waals surface area contributed by atoms with Crippen LogP contribution in [0.15, 0.2) is 54.7 Å². The Morgan fingerprint density at radius 3 is 2.29 bits per heavy atom. The van der Waals surface area contributed by atoms with Crippen LogP contribution in [0.5, 0.6) is 0 Å². The molecule has 1 aliphatic heterocycles. The van der Waals surface area contributed by atoms with Gasteiger partial charge in [-0.15, -0.1) is 0 Å². The SMILES string of the molecule is Cc1ncc([N+](=O)[O-])n1CCN1CCC(NC(=O)OCC2c3ccccc3-c3ccccc32)(C(=O)O)CC1. The lowest BCUT2D eigenvalue weighted by atomic mass is 9.87. The predicted molar refractivity (Wildman–Crippen MR) is 138 cm³/mol. The van der Waals surface area contributed by atoms with Crippen LogP contribution >= 0.6 is 0 Å². The number of hydrogen-bond donors (Lipinski definition) is 2. The topological polar surface area (TPSA) is 140 Å². The number of aryl methyl sites for hydroxylation is 1. The van der Waals surface area contributed by atoms with Crippen LogP contribution in [-0.4, -0.2) is 68.3 Å². The molecule has 11 nitrogen and oxygen atoms in total. The molecule has 2 N–H and O–H groups in total. The molecule has 38 heavy (non-hydrogen) atoms. The van der Waals surface area contributed by atoms with E-state index in [1.54, 1.807) is 6.92 Å². The number of aliphatic carboxylic acids is 1. The summed E-state index contributed by atoms with van der Waals surface area (Å²) in [6, 6.07) is 16.0. The van der Waals surface area contributed by atoms with E-state index in [2.05, 4.69) is 10.3 Å². The number of piperidine rings is 1. The number of carboxylic acid groups (broad SMARTS) is 1. The van der Waals surface area contributed by atoms with E-state index >= 15 is 0 Å². The number of likely N-dealkylation sites (tertiary alicyclic amines) is 1. The largest absolute Gasteiger partial charge is 0.480 e. The minimum absolute atomic E-state index is 0.0729. The Morgan fingerprint density at radius 2 is 1.71 bits per heavy atom. The summed E-state index contributed by atoms with van der Waals surface area (Å²) in [6.07, 6.45) is 0.862. The molecule has 0 saturated carbocycles. The molecule has 0 radical (unpaired) electrons. The lowest BCUT2D eigenvalue weighted by molar-refractivity contribution is -0.392. The smallest absolute Gasteiger partial charge is 0.408 e. The molecule has 198 valence electrons. The van der Waals surface area contributed by atoms with Crippen molar-refractivity contribution in [2.75, 3.05) is 26.2 Å². The fourth-order valence-electron chi connectivity index (χ4n) is 5.50. The Bertz CT molecular complexity index is 1330. The Morgan fingerprint density at radius 1 is 1.11 bits per heavy atom. The fraction of sp³-hybridized carbons (Fsp3) is 0.370. The number of carbonyl (C=O) groups excluding carboxylic acids is 1. The summed E-state index contributed by atoms with van der Waals surface area (Å²) in [5.74, 6) is -0.750. The lowest BCUT2D eigenvalue weighted by Gasteiger charge is -2.38. The first-order valence-electron chi connectivity index (χ1n) is 12.5. The van der Waals surface area contributed by atoms with Gasteiger partial charge in [-0.05, 0) is 40.0 Å². The van der Waals surface area contributed by atoms with E-state index in [4.69, 9.17) is 4.74 Å². The number of amides is 1. The van der Waals surface area contributed by atoms with Crippen molar-refractivity contribution in [2.45, 2.75) is 37.8 Å². The molecule has 1 aliphatic carbocycles. The molecule has 0 unspecified atom stereocenters. The van der Waals surface area contributed by atoms with Gasteiger partial charge in [-0.2, -0.15) is 0 Å². The van der Waals surface area contributed by atoms with E-state index in [0.29, 0.717) is 32.0 Å². The summed E-state index contributed by atoms with van der Waals surface area (Å²) >= 11 is 0. The van der Waals surface area contributed by atoms with E-state index in [9.17, 15) is 24.8 Å². The lowest BCUT2D eigenvalue weighted by Crippen LogP contribution is -2.60. The van der Waals surface area contributed by atoms with Gasteiger partial charge in [0.2, 0.25) is 0 Å². The van der Waals surface area contributed by atoms with E-state index in [1.807, 2.05) is 53.4 Å². The second kappa shape index (κ2) is 10.3. The minimum atomic E-state index is -1.43. The van der Waals surface area contributed by atoms with Crippen molar-refractivity contribution in [3.63, 3.8) is 0 Å². The maximum Gasteiger partial charge on any atom is 0.408 e. The van der Waals surface area contributed by atoms with E-state index in [0.717, 1.165) is 22.3 Å². The highest BCUT2D eigenvalue weighted by Gasteiger charge is 2.43. The number of aromatic nitrogens is 2. The van der Waals surface area contributed by atoms with Gasteiger partial charge in [-0.3, -0.25) is 4.90 Å². The first kappa shape index (κ1) is 25.4. The van der Waals surface area contributed by atoms with E-state index < -0.39 is 22.5 Å². The van der Waals surface area contributed by atoms with Gasteiger partial charge in [-0.25, -0.2) is 19.1 Å². The molecule has 11 heteroatoms. The molecule has 5 rings (SSSR count). The number of ether oxygens (including phenoxy) is 1. The molecular formula is C27H29N5O6. The number of carbonyl (C=O) groups is 2. The number of fused-ring (bicyclic) bond motifs is 3. The summed E-state index contributed by atoms with van der Waals surface area (Å²) < 4.78 is 7.12. The number of nitrogens with one attached hydrogen (secondary N) is 1. The molecule has 2 aromatic carbocycles. The Kier molecular flexibility index (Phi) is 6.85. The molecule has 1 saturated heterocycles. The Labute approximate surface area is 219 Å². The van der Waals surface area contributed by atoms with Gasteiger partial charge in [0.05, 0.1) is 0 Å². The van der Waals surface area contributed by atoms with Gasteiger partial charge in [0, 0.05) is 32.5 Å². The Hall–Kier alpha value is -4.25. The van der Waals surface area contributed by atoms with Crippen molar-refractivity contribution < 1.29 is 24.4 Å². The zero-order chi connectivity index (χ0) is 26.9. The van der Waals surface area contributed by atoms with E-state index in [-0.39, 0.29) is 31.2 Å². The molecule has 3 aromatic rings. The summed E-state index contributed by atoms with van der Waals surface area (Å²) in [5, 5.41) is 23.9. The summed E-state index contributed by atoms with van der Waals surface area (Å²) in [7, 11) is 0. The molecule has 0 bridgehead atoms. The van der Waals surface area contributed by atoms with Crippen molar-refractivity contribution in [3.05, 3.63) is 81.8 Å². The van der Waals surface area contributed by atoms with Crippen LogP contribution in [-0.2, 0) is 16.1 Å². The molecule has 2 aliphatic rings. The zero-order valence-corrected chi connectivity index (χ0v) is 21.0. The molecule has 0 atom stereocenters. The van der Waals surface area contributed by atoms with Crippen LogP contribution in [0.1, 0.15) is 35.7 Å². The number of hydrogen-bond acceptors (Lipinski definition) is 7. The average Bonchev–Trinajstić information content (AvgIpc) is 3.44. The fourth-order valence-corrected chi connectivity index (χ4v) is 5.50. The number of carboxylic acids is 1. The third-order valence-electron chi connectivity index (χ3n) is 7.66. The molecule has 1 fully saturated rings. The highest BCUT2D eigenvalue weighted by molar-refractivity contribution is 5.85. The van der Waals surface area contributed by atoms with Crippen LogP contribution < -0.4 is 5.32 Å². The number of nitrogens with zero attached hydrogens (tertiary/aromatic N) is 4. The number of benzene rings is 2. The Balaban J connectivity index is 1.19. The average molecular weight is 520 g/mol. The third-order valence-corrected chi connectivity index (χ3v) is 7.66. The van der Waals surface area contributed by atoms with Gasteiger partial charge in [-0.1, -0.05) is 48.5 Å². The molecule has 1 aromatic heterocycles. The van der Waals surface area contributed by atoms with Crippen LogP contribution in [0.25, 0.3) is 11.1 Å². The van der Waals surface area contributed by atoms with Crippen molar-refractivity contribution in [2.24, 2.45) is 0 Å². The highest BCUT2D eigenvalue weighted by Crippen LogP contribution is 2.44. The van der Waals surface area contributed by atoms with Crippen molar-refractivity contribution in [3.8, 4) is 11.1 Å². The van der Waals surface area contributed by atoms with Gasteiger partial charge in [0.25, 0.3) is 0 Å². The first-order valence-corrected chi connectivity index (χ1v) is 12.5. The first-order chi connectivity index (χ1) is 18.3. The van der Waals surface area contributed by atoms with E-state index in [1.165, 1.54) is 10.8 Å². The zero-order valence-electron chi connectivity index (χ0n) is 21.0. The van der Waals surface area contributed by atoms with Crippen LogP contribution in [0.2, 0.25) is 0 Å². The van der Waals surface area contributed by atoms with Crippen LogP contribution in [0.3, 0.4) is 0 Å². The van der Waals surface area contributed by atoms with Gasteiger partial charge < -0.3 is 25.3 Å². The normalized spacial score (nSPS) is 16.4. The second-order valence-electron chi connectivity index (χ2n) is 9.75. The van der Waals surface area contributed by atoms with Crippen molar-refractivity contribution in [1.29, 1.82) is 0 Å². The monoisotopic (exact) mass is 519 g/mol. The number of imidazole rings is 1. The summed E-state index contributed by atoms with van der Waals surface area (Å²) in [6.45, 7) is 3.50. The number of alkyl carbamates (subject to hydrolysis) is 1. The molecule has 0 spiro atoms. The highest BCUT2D eigenvalue weighted by atomic mass is 16.6. The summed E-state index contributed by atoms with van der Waals surface area (Å²) in [4.78, 5) is 41.9. The van der Waals surface area contributed by atoms with Gasteiger partial charge in [0.1, 0.15) is 24.9 Å². The summed E-state index contributed by atoms with van der Waals surface area (Å²) in [5.41, 5.74) is 2.95. The standard InChI is InChI=1S/C27H29N5O6/c1-18-28-16-24(32(36)37)31(18)15-14-30-12-10-27(11-13-30,25(33)34)29-26(35)38-17-23-21-8-4-2-6-19(21)20-7-3-5-9-22(20)23/h2-9,16,23H,10-15,17H2,1H3,(H,29,35)(H,33,34). The second-order valence-corrected chi connectivity index (χ2v) is 9.75. The molecule has 1 amide bonds. The number of rotatable bonds is 8. The predicted octanol–water partition coefficient (Wildman–Crippen LogP) is 3.56. The number of nitro groups is 1. The van der Waals surface area contributed by atoms with Crippen LogP contribution in [0.4, 0.5) is 10.6 Å². The molecular weight excluding hydrogens is 490 g/mol. The third kappa shape index (κ3) is 4.72. The molecule has 2 heterocycles. The van der Waals surface area contributed by atoms with Gasteiger partial charge >= 0.3 is 17.9 Å².